The molecule has 0 atom stereocenters. The van der Waals surface area contributed by atoms with Gasteiger partial charge >= 0.3 is 0 Å². The second-order valence-corrected chi connectivity index (χ2v) is 7.11. The van der Waals surface area contributed by atoms with Crippen LogP contribution in [-0.4, -0.2) is 38.5 Å². The molecule has 0 aliphatic rings. The first-order chi connectivity index (χ1) is 10.4. The van der Waals surface area contributed by atoms with E-state index >= 15 is 0 Å². The van der Waals surface area contributed by atoms with Gasteiger partial charge in [0, 0.05) is 42.9 Å². The number of carbonyl (C=O) groups is 1. The molecule has 0 saturated heterocycles. The topological polar surface area (TPSA) is 65.5 Å². The summed E-state index contributed by atoms with van der Waals surface area (Å²) in [4.78, 5) is 17.0. The molecule has 0 spiro atoms. The van der Waals surface area contributed by atoms with Gasteiger partial charge in [0.15, 0.2) is 5.96 Å². The Labute approximate surface area is 160 Å². The van der Waals surface area contributed by atoms with Gasteiger partial charge in [0.05, 0.1) is 0 Å². The lowest BCUT2D eigenvalue weighted by molar-refractivity contribution is -0.123. The predicted octanol–water partition coefficient (Wildman–Crippen LogP) is 2.58. The molecular formula is C16H29IN4OS. The van der Waals surface area contributed by atoms with Crippen molar-refractivity contribution in [2.24, 2.45) is 10.9 Å². The Morgan fingerprint density at radius 3 is 2.43 bits per heavy atom. The Hall–Kier alpha value is -0.830. The van der Waals surface area contributed by atoms with Crippen LogP contribution >= 0.6 is 35.3 Å². The molecule has 1 aromatic rings. The fourth-order valence-corrected chi connectivity index (χ4v) is 2.70. The Balaban J connectivity index is 0.00000484. The summed E-state index contributed by atoms with van der Waals surface area (Å²) >= 11 is 1.77. The van der Waals surface area contributed by atoms with Crippen LogP contribution in [0.3, 0.4) is 0 Å². The minimum Gasteiger partial charge on any atom is -0.356 e. The first-order valence-electron chi connectivity index (χ1n) is 7.63. The SMILES string of the molecule is CN=C(NCCNC(=O)C(C)C)NCC(C)(C)c1cccs1.I. The van der Waals surface area contributed by atoms with Crippen LogP contribution in [-0.2, 0) is 10.2 Å². The quantitative estimate of drug-likeness (QED) is 0.258. The number of rotatable bonds is 7. The predicted molar refractivity (Wildman–Crippen MR) is 110 cm³/mol. The number of aliphatic imine (C=N–C) groups is 1. The van der Waals surface area contributed by atoms with Crippen molar-refractivity contribution in [3.8, 4) is 0 Å². The number of nitrogens with zero attached hydrogens (tertiary/aromatic N) is 1. The van der Waals surface area contributed by atoms with Crippen molar-refractivity contribution in [1.29, 1.82) is 0 Å². The van der Waals surface area contributed by atoms with Crippen LogP contribution < -0.4 is 16.0 Å². The number of guanidine groups is 1. The average molecular weight is 452 g/mol. The fourth-order valence-electron chi connectivity index (χ4n) is 1.85. The smallest absolute Gasteiger partial charge is 0.222 e. The number of halogens is 1. The number of amides is 1. The summed E-state index contributed by atoms with van der Waals surface area (Å²) in [5.74, 6) is 0.844. The Kier molecular flexibility index (Phi) is 10.5. The van der Waals surface area contributed by atoms with E-state index in [1.165, 1.54) is 4.88 Å². The van der Waals surface area contributed by atoms with E-state index in [4.69, 9.17) is 0 Å². The molecule has 1 amide bonds. The van der Waals surface area contributed by atoms with E-state index in [-0.39, 0.29) is 41.2 Å². The van der Waals surface area contributed by atoms with E-state index in [1.54, 1.807) is 18.4 Å². The van der Waals surface area contributed by atoms with Crippen molar-refractivity contribution in [1.82, 2.24) is 16.0 Å². The average Bonchev–Trinajstić information content (AvgIpc) is 3.01. The number of carbonyl (C=O) groups excluding carboxylic acids is 1. The molecule has 7 heteroatoms. The van der Waals surface area contributed by atoms with Gasteiger partial charge in [-0.3, -0.25) is 9.79 Å². The van der Waals surface area contributed by atoms with E-state index in [0.717, 1.165) is 12.5 Å². The molecule has 0 radical (unpaired) electrons. The largest absolute Gasteiger partial charge is 0.356 e. The summed E-state index contributed by atoms with van der Waals surface area (Å²) in [5, 5.41) is 11.5. The van der Waals surface area contributed by atoms with Gasteiger partial charge in [-0.2, -0.15) is 0 Å². The highest BCUT2D eigenvalue weighted by atomic mass is 127. The summed E-state index contributed by atoms with van der Waals surface area (Å²) in [6, 6.07) is 4.23. The van der Waals surface area contributed by atoms with E-state index in [0.29, 0.717) is 13.1 Å². The molecular weight excluding hydrogens is 423 g/mol. The number of nitrogens with one attached hydrogen (secondary N) is 3. The molecule has 0 fully saturated rings. The van der Waals surface area contributed by atoms with Crippen molar-refractivity contribution in [2.45, 2.75) is 33.1 Å². The van der Waals surface area contributed by atoms with Crippen LogP contribution in [0.5, 0.6) is 0 Å². The highest BCUT2D eigenvalue weighted by molar-refractivity contribution is 14.0. The highest BCUT2D eigenvalue weighted by Crippen LogP contribution is 2.26. The van der Waals surface area contributed by atoms with E-state index in [9.17, 15) is 4.79 Å². The molecule has 1 rings (SSSR count). The third-order valence-electron chi connectivity index (χ3n) is 3.35. The molecule has 0 aliphatic carbocycles. The maximum absolute atomic E-state index is 11.5. The molecule has 1 heterocycles. The van der Waals surface area contributed by atoms with Crippen molar-refractivity contribution in [2.75, 3.05) is 26.7 Å². The Bertz CT molecular complexity index is 486. The molecule has 132 valence electrons. The number of hydrogen-bond acceptors (Lipinski definition) is 3. The molecule has 0 aliphatic heterocycles. The minimum atomic E-state index is 0. The van der Waals surface area contributed by atoms with Crippen LogP contribution in [0, 0.1) is 5.92 Å². The number of thiophene rings is 1. The molecule has 1 aromatic heterocycles. The lowest BCUT2D eigenvalue weighted by atomic mass is 9.91. The van der Waals surface area contributed by atoms with Gasteiger partial charge in [0.1, 0.15) is 0 Å². The normalized spacial score (nSPS) is 11.8. The Morgan fingerprint density at radius 2 is 1.91 bits per heavy atom. The van der Waals surface area contributed by atoms with Crippen LogP contribution in [0.15, 0.2) is 22.5 Å². The van der Waals surface area contributed by atoms with E-state index in [2.05, 4.69) is 52.3 Å². The molecule has 0 bridgehead atoms. The maximum atomic E-state index is 11.5. The zero-order chi connectivity index (χ0) is 16.6. The monoisotopic (exact) mass is 452 g/mol. The Morgan fingerprint density at radius 1 is 1.26 bits per heavy atom. The molecule has 0 unspecified atom stereocenters. The van der Waals surface area contributed by atoms with Gasteiger partial charge in [-0.25, -0.2) is 0 Å². The van der Waals surface area contributed by atoms with Gasteiger partial charge in [-0.1, -0.05) is 33.8 Å². The molecule has 23 heavy (non-hydrogen) atoms. The zero-order valence-electron chi connectivity index (χ0n) is 14.6. The first-order valence-corrected chi connectivity index (χ1v) is 8.51. The zero-order valence-corrected chi connectivity index (χ0v) is 17.7. The second-order valence-electron chi connectivity index (χ2n) is 6.16. The molecule has 3 N–H and O–H groups in total. The van der Waals surface area contributed by atoms with Crippen molar-refractivity contribution < 1.29 is 4.79 Å². The molecule has 0 saturated carbocycles. The van der Waals surface area contributed by atoms with Crippen molar-refractivity contribution >= 4 is 47.2 Å². The second kappa shape index (κ2) is 10.9. The fraction of sp³-hybridized carbons (Fsp3) is 0.625. The standard InChI is InChI=1S/C16H28N4OS.HI/c1-12(2)14(21)18-8-9-19-15(17-5)20-11-16(3,4)13-7-6-10-22-13;/h6-7,10,12H,8-9,11H2,1-5H3,(H,18,21)(H2,17,19,20);1H. The van der Waals surface area contributed by atoms with Gasteiger partial charge < -0.3 is 16.0 Å². The summed E-state index contributed by atoms with van der Waals surface area (Å²) in [7, 11) is 1.75. The number of hydrogen-bond donors (Lipinski definition) is 3. The molecule has 5 nitrogen and oxygen atoms in total. The van der Waals surface area contributed by atoms with E-state index in [1.807, 2.05) is 13.8 Å². The van der Waals surface area contributed by atoms with Crippen molar-refractivity contribution in [3.63, 3.8) is 0 Å². The third kappa shape index (κ3) is 8.01. The summed E-state index contributed by atoms with van der Waals surface area (Å²) < 4.78 is 0. The van der Waals surface area contributed by atoms with Gasteiger partial charge in [0.25, 0.3) is 0 Å². The summed E-state index contributed by atoms with van der Waals surface area (Å²) in [6.07, 6.45) is 0. The van der Waals surface area contributed by atoms with Crippen LogP contribution in [0.2, 0.25) is 0 Å². The molecule has 0 aromatic carbocycles. The van der Waals surface area contributed by atoms with E-state index < -0.39 is 0 Å². The van der Waals surface area contributed by atoms with Crippen LogP contribution in [0.4, 0.5) is 0 Å². The van der Waals surface area contributed by atoms with Gasteiger partial charge in [-0.05, 0) is 11.4 Å². The highest BCUT2D eigenvalue weighted by Gasteiger charge is 2.21. The maximum Gasteiger partial charge on any atom is 0.222 e. The van der Waals surface area contributed by atoms with Crippen molar-refractivity contribution in [3.05, 3.63) is 22.4 Å². The summed E-state index contributed by atoms with van der Waals surface area (Å²) in [6.45, 7) is 10.2. The lowest BCUT2D eigenvalue weighted by Gasteiger charge is -2.25. The minimum absolute atomic E-state index is 0. The van der Waals surface area contributed by atoms with Crippen LogP contribution in [0.25, 0.3) is 0 Å². The van der Waals surface area contributed by atoms with Crippen LogP contribution in [0.1, 0.15) is 32.6 Å². The van der Waals surface area contributed by atoms with Gasteiger partial charge in [-0.15, -0.1) is 35.3 Å². The lowest BCUT2D eigenvalue weighted by Crippen LogP contribution is -2.45. The third-order valence-corrected chi connectivity index (χ3v) is 4.59. The first kappa shape index (κ1) is 22.2. The van der Waals surface area contributed by atoms with Gasteiger partial charge in [0.2, 0.25) is 5.91 Å². The summed E-state index contributed by atoms with van der Waals surface area (Å²) in [5.41, 5.74) is 0.0532.